The van der Waals surface area contributed by atoms with E-state index >= 15 is 0 Å². The van der Waals surface area contributed by atoms with Gasteiger partial charge in [-0.25, -0.2) is 0 Å². The normalized spacial score (nSPS) is 45.5. The maximum absolute atomic E-state index is 9.22. The second-order valence-electron chi connectivity index (χ2n) is 5.62. The molecule has 2 saturated carbocycles. The maximum Gasteiger partial charge on any atom is 0.0672 e. The zero-order valence-corrected chi connectivity index (χ0v) is 9.36. The van der Waals surface area contributed by atoms with E-state index in [2.05, 4.69) is 11.0 Å². The highest BCUT2D eigenvalue weighted by Crippen LogP contribution is 2.42. The molecule has 0 N–H and O–H groups in total. The number of nitrogens with zero attached hydrogens (tertiary/aromatic N) is 2. The van der Waals surface area contributed by atoms with Crippen LogP contribution in [0.1, 0.15) is 44.9 Å². The van der Waals surface area contributed by atoms with Gasteiger partial charge in [-0.1, -0.05) is 12.8 Å². The van der Waals surface area contributed by atoms with Crippen LogP contribution < -0.4 is 0 Å². The number of piperidine rings is 1. The van der Waals surface area contributed by atoms with Crippen LogP contribution in [-0.2, 0) is 0 Å². The lowest BCUT2D eigenvalue weighted by molar-refractivity contribution is 0.0940. The standard InChI is InChI=1S/C13H20N2/c14-8-11-3-1-2-4-13(11)15-9-10-5-6-12(15)7-10/h10-13H,1-7,9H2. The van der Waals surface area contributed by atoms with Gasteiger partial charge in [0.25, 0.3) is 0 Å². The lowest BCUT2D eigenvalue weighted by atomic mass is 9.83. The molecular formula is C13H20N2. The third-order valence-electron chi connectivity index (χ3n) is 4.77. The Hall–Kier alpha value is -0.550. The van der Waals surface area contributed by atoms with Gasteiger partial charge in [0.15, 0.2) is 0 Å². The zero-order chi connectivity index (χ0) is 10.3. The highest BCUT2D eigenvalue weighted by molar-refractivity contribution is 5.02. The number of rotatable bonds is 1. The summed E-state index contributed by atoms with van der Waals surface area (Å²) in [5.41, 5.74) is 0. The lowest BCUT2D eigenvalue weighted by Crippen LogP contribution is -2.46. The molecular weight excluding hydrogens is 184 g/mol. The van der Waals surface area contributed by atoms with Crippen molar-refractivity contribution in [2.45, 2.75) is 57.0 Å². The maximum atomic E-state index is 9.22. The molecule has 1 aliphatic heterocycles. The van der Waals surface area contributed by atoms with Gasteiger partial charge in [0.05, 0.1) is 12.0 Å². The molecule has 1 saturated heterocycles. The molecule has 0 amide bonds. The molecule has 3 fully saturated rings. The van der Waals surface area contributed by atoms with Crippen molar-refractivity contribution in [1.29, 1.82) is 5.26 Å². The first kappa shape index (κ1) is 9.66. The molecule has 0 radical (unpaired) electrons. The Morgan fingerprint density at radius 3 is 2.60 bits per heavy atom. The zero-order valence-electron chi connectivity index (χ0n) is 9.36. The summed E-state index contributed by atoms with van der Waals surface area (Å²) in [6.07, 6.45) is 9.32. The minimum absolute atomic E-state index is 0.332. The fraction of sp³-hybridized carbons (Fsp3) is 0.923. The summed E-state index contributed by atoms with van der Waals surface area (Å²) < 4.78 is 0. The molecule has 0 spiro atoms. The molecule has 1 heterocycles. The fourth-order valence-corrected chi connectivity index (χ4v) is 4.03. The average Bonchev–Trinajstić information content (AvgIpc) is 2.90. The number of nitriles is 1. The van der Waals surface area contributed by atoms with E-state index in [4.69, 9.17) is 0 Å². The Bertz CT molecular complexity index is 281. The quantitative estimate of drug-likeness (QED) is 0.656. The number of hydrogen-bond donors (Lipinski definition) is 0. The van der Waals surface area contributed by atoms with Gasteiger partial charge in [0, 0.05) is 18.6 Å². The van der Waals surface area contributed by atoms with Gasteiger partial charge in [-0.3, -0.25) is 4.90 Å². The van der Waals surface area contributed by atoms with E-state index in [1.807, 2.05) is 0 Å². The number of likely N-dealkylation sites (tertiary alicyclic amines) is 1. The SMILES string of the molecule is N#CC1CCCCC1N1CC2CCC1C2. The molecule has 2 heteroatoms. The molecule has 2 nitrogen and oxygen atoms in total. The van der Waals surface area contributed by atoms with Gasteiger partial charge in [0.2, 0.25) is 0 Å². The first-order valence-electron chi connectivity index (χ1n) is 6.54. The predicted molar refractivity (Wildman–Crippen MR) is 59.2 cm³/mol. The summed E-state index contributed by atoms with van der Waals surface area (Å²) in [6.45, 7) is 1.30. The molecule has 3 rings (SSSR count). The highest BCUT2D eigenvalue weighted by atomic mass is 15.2. The topological polar surface area (TPSA) is 27.0 Å². The molecule has 0 aromatic rings. The predicted octanol–water partition coefficient (Wildman–Crippen LogP) is 2.55. The molecule has 4 atom stereocenters. The summed E-state index contributed by atoms with van der Waals surface area (Å²) in [4.78, 5) is 2.70. The van der Waals surface area contributed by atoms with Crippen LogP contribution in [0.2, 0.25) is 0 Å². The highest BCUT2D eigenvalue weighted by Gasteiger charge is 2.43. The van der Waals surface area contributed by atoms with Crippen LogP contribution in [0.15, 0.2) is 0 Å². The fourth-order valence-electron chi connectivity index (χ4n) is 4.03. The molecule has 2 bridgehead atoms. The Morgan fingerprint density at radius 2 is 1.93 bits per heavy atom. The van der Waals surface area contributed by atoms with Gasteiger partial charge in [-0.05, 0) is 38.0 Å². The van der Waals surface area contributed by atoms with Gasteiger partial charge in [-0.2, -0.15) is 5.26 Å². The smallest absolute Gasteiger partial charge is 0.0672 e. The van der Waals surface area contributed by atoms with E-state index in [0.717, 1.165) is 18.4 Å². The van der Waals surface area contributed by atoms with Crippen molar-refractivity contribution in [2.24, 2.45) is 11.8 Å². The van der Waals surface area contributed by atoms with Gasteiger partial charge in [-0.15, -0.1) is 0 Å². The molecule has 0 aromatic heterocycles. The molecule has 0 aromatic carbocycles. The summed E-state index contributed by atoms with van der Waals surface area (Å²) in [5.74, 6) is 1.30. The third-order valence-corrected chi connectivity index (χ3v) is 4.77. The second-order valence-corrected chi connectivity index (χ2v) is 5.62. The van der Waals surface area contributed by atoms with E-state index in [1.165, 1.54) is 45.1 Å². The van der Waals surface area contributed by atoms with Crippen LogP contribution in [0.5, 0.6) is 0 Å². The van der Waals surface area contributed by atoms with Crippen LogP contribution in [0.4, 0.5) is 0 Å². The van der Waals surface area contributed by atoms with Crippen molar-refractivity contribution >= 4 is 0 Å². The van der Waals surface area contributed by atoms with E-state index in [-0.39, 0.29) is 0 Å². The van der Waals surface area contributed by atoms with Crippen LogP contribution in [0.25, 0.3) is 0 Å². The van der Waals surface area contributed by atoms with Crippen molar-refractivity contribution < 1.29 is 0 Å². The summed E-state index contributed by atoms with van der Waals surface area (Å²) in [5, 5.41) is 9.22. The molecule has 4 unspecified atom stereocenters. The Morgan fingerprint density at radius 1 is 1.07 bits per heavy atom. The van der Waals surface area contributed by atoms with Crippen molar-refractivity contribution in [2.75, 3.05) is 6.54 Å². The minimum atomic E-state index is 0.332. The van der Waals surface area contributed by atoms with Crippen molar-refractivity contribution in [3.05, 3.63) is 0 Å². The van der Waals surface area contributed by atoms with E-state index in [1.54, 1.807) is 0 Å². The Kier molecular flexibility index (Phi) is 2.44. The number of fused-ring (bicyclic) bond motifs is 2. The van der Waals surface area contributed by atoms with Crippen LogP contribution >= 0.6 is 0 Å². The molecule has 82 valence electrons. The summed E-state index contributed by atoms with van der Waals surface area (Å²) >= 11 is 0. The van der Waals surface area contributed by atoms with E-state index < -0.39 is 0 Å². The van der Waals surface area contributed by atoms with Crippen LogP contribution in [-0.4, -0.2) is 23.5 Å². The van der Waals surface area contributed by atoms with Gasteiger partial charge >= 0.3 is 0 Å². The largest absolute Gasteiger partial charge is 0.296 e. The van der Waals surface area contributed by atoms with Crippen molar-refractivity contribution in [3.63, 3.8) is 0 Å². The minimum Gasteiger partial charge on any atom is -0.296 e. The van der Waals surface area contributed by atoms with Crippen molar-refractivity contribution in [3.8, 4) is 6.07 Å². The monoisotopic (exact) mass is 204 g/mol. The molecule has 15 heavy (non-hydrogen) atoms. The first-order valence-corrected chi connectivity index (χ1v) is 6.54. The molecule has 3 aliphatic rings. The summed E-state index contributed by atoms with van der Waals surface area (Å²) in [6, 6.07) is 4.00. The van der Waals surface area contributed by atoms with E-state index in [0.29, 0.717) is 12.0 Å². The van der Waals surface area contributed by atoms with Gasteiger partial charge < -0.3 is 0 Å². The van der Waals surface area contributed by atoms with Crippen LogP contribution in [0.3, 0.4) is 0 Å². The Labute approximate surface area is 92.3 Å². The summed E-state index contributed by atoms with van der Waals surface area (Å²) in [7, 11) is 0. The first-order chi connectivity index (χ1) is 7.38. The van der Waals surface area contributed by atoms with Gasteiger partial charge in [0.1, 0.15) is 0 Å². The van der Waals surface area contributed by atoms with Crippen LogP contribution in [0, 0.1) is 23.2 Å². The number of hydrogen-bond acceptors (Lipinski definition) is 2. The van der Waals surface area contributed by atoms with Crippen molar-refractivity contribution in [1.82, 2.24) is 4.90 Å². The lowest BCUT2D eigenvalue weighted by Gasteiger charge is -2.39. The average molecular weight is 204 g/mol. The Balaban J connectivity index is 1.73. The second kappa shape index (κ2) is 3.79. The third kappa shape index (κ3) is 1.58. The van der Waals surface area contributed by atoms with E-state index in [9.17, 15) is 5.26 Å². The molecule has 2 aliphatic carbocycles.